The molecule has 0 atom stereocenters. The predicted molar refractivity (Wildman–Crippen MR) is 144 cm³/mol. The van der Waals surface area contributed by atoms with Crippen LogP contribution in [-0.4, -0.2) is 81.2 Å². The zero-order valence-corrected chi connectivity index (χ0v) is 22.7. The lowest BCUT2D eigenvalue weighted by atomic mass is 10.0. The van der Waals surface area contributed by atoms with Crippen LogP contribution < -0.4 is 10.6 Å². The summed E-state index contributed by atoms with van der Waals surface area (Å²) in [7, 11) is -2.82. The summed E-state index contributed by atoms with van der Waals surface area (Å²) >= 11 is 1.27. The van der Waals surface area contributed by atoms with Crippen LogP contribution in [0.1, 0.15) is 44.5 Å². The average Bonchev–Trinajstić information content (AvgIpc) is 3.25. The van der Waals surface area contributed by atoms with Crippen LogP contribution in [0.15, 0.2) is 29.2 Å². The van der Waals surface area contributed by atoms with Gasteiger partial charge in [-0.05, 0) is 49.2 Å². The van der Waals surface area contributed by atoms with Gasteiger partial charge in [0.15, 0.2) is 0 Å². The van der Waals surface area contributed by atoms with Crippen molar-refractivity contribution in [3.05, 3.63) is 45.8 Å². The smallest absolute Gasteiger partial charge is 0.413 e. The molecule has 0 aliphatic carbocycles. The normalized spacial score (nSPS) is 13.4. The van der Waals surface area contributed by atoms with Crippen molar-refractivity contribution in [2.75, 3.05) is 38.6 Å². The maximum absolute atomic E-state index is 13.1. The first-order chi connectivity index (χ1) is 18.2. The minimum Gasteiger partial charge on any atom is -0.453 e. The number of sulfonamides is 1. The van der Waals surface area contributed by atoms with Gasteiger partial charge >= 0.3 is 6.09 Å². The summed E-state index contributed by atoms with van der Waals surface area (Å²) in [6, 6.07) is 5.25. The first-order valence-electron chi connectivity index (χ1n) is 11.8. The summed E-state index contributed by atoms with van der Waals surface area (Å²) in [5.74, 6) is -1.23. The number of hydrogen-bond donors (Lipinski definition) is 4. The highest BCUT2D eigenvalue weighted by Gasteiger charge is 2.30. The van der Waals surface area contributed by atoms with E-state index in [0.29, 0.717) is 18.0 Å². The van der Waals surface area contributed by atoms with Crippen molar-refractivity contribution >= 4 is 56.7 Å². The van der Waals surface area contributed by atoms with Gasteiger partial charge in [0.1, 0.15) is 5.00 Å². The quantitative estimate of drug-likeness (QED) is 0.305. The van der Waals surface area contributed by atoms with E-state index in [2.05, 4.69) is 27.2 Å². The van der Waals surface area contributed by atoms with E-state index in [4.69, 9.17) is 10.8 Å². The third-order valence-electron chi connectivity index (χ3n) is 5.88. The minimum atomic E-state index is -3.97. The van der Waals surface area contributed by atoms with Gasteiger partial charge in [0.05, 0.1) is 17.6 Å². The SMILES string of the molecule is CCCN1CCc2c(sc(NC(=O)c3ccc(S(=O)(=O)N(CC=N)CC=N)cc3)c2C(=O)NC(=O)OC)C1. The van der Waals surface area contributed by atoms with E-state index in [1.54, 1.807) is 0 Å². The van der Waals surface area contributed by atoms with Gasteiger partial charge in [-0.2, -0.15) is 4.31 Å². The van der Waals surface area contributed by atoms with Gasteiger partial charge in [-0.25, -0.2) is 13.2 Å². The molecule has 38 heavy (non-hydrogen) atoms. The number of nitrogens with zero attached hydrogens (tertiary/aromatic N) is 2. The third-order valence-corrected chi connectivity index (χ3v) is 8.85. The van der Waals surface area contributed by atoms with E-state index in [1.807, 2.05) is 0 Å². The molecule has 0 unspecified atom stereocenters. The first-order valence-corrected chi connectivity index (χ1v) is 14.1. The van der Waals surface area contributed by atoms with Crippen LogP contribution in [0.4, 0.5) is 9.80 Å². The number of benzene rings is 1. The Kier molecular flexibility index (Phi) is 9.85. The fourth-order valence-corrected chi connectivity index (χ4v) is 6.68. The molecular weight excluding hydrogens is 532 g/mol. The molecule has 0 saturated heterocycles. The molecule has 12 nitrogen and oxygen atoms in total. The Morgan fingerprint density at radius 2 is 1.79 bits per heavy atom. The number of methoxy groups -OCH3 is 1. The van der Waals surface area contributed by atoms with Crippen molar-refractivity contribution in [1.29, 1.82) is 10.8 Å². The second kappa shape index (κ2) is 12.9. The monoisotopic (exact) mass is 562 g/mol. The number of amides is 3. The zero-order valence-electron chi connectivity index (χ0n) is 21.1. The van der Waals surface area contributed by atoms with Gasteiger partial charge in [0, 0.05) is 49.0 Å². The Balaban J connectivity index is 1.88. The molecule has 1 aliphatic rings. The number of imide groups is 1. The predicted octanol–water partition coefficient (Wildman–Crippen LogP) is 2.55. The van der Waals surface area contributed by atoms with Crippen molar-refractivity contribution < 1.29 is 27.5 Å². The van der Waals surface area contributed by atoms with Crippen molar-refractivity contribution in [3.63, 3.8) is 0 Å². The number of anilines is 1. The summed E-state index contributed by atoms with van der Waals surface area (Å²) in [5.41, 5.74) is 1.15. The molecule has 1 aromatic heterocycles. The Morgan fingerprint density at radius 3 is 2.37 bits per heavy atom. The number of nitrogens with one attached hydrogen (secondary N) is 4. The van der Waals surface area contributed by atoms with Gasteiger partial charge < -0.3 is 20.9 Å². The van der Waals surface area contributed by atoms with Crippen LogP contribution in [0, 0.1) is 10.8 Å². The Labute approximate surface area is 225 Å². The van der Waals surface area contributed by atoms with Gasteiger partial charge in [0.2, 0.25) is 10.0 Å². The summed E-state index contributed by atoms with van der Waals surface area (Å²) < 4.78 is 31.2. The lowest BCUT2D eigenvalue weighted by Gasteiger charge is -2.26. The third kappa shape index (κ3) is 6.51. The Morgan fingerprint density at radius 1 is 1.13 bits per heavy atom. The molecule has 0 radical (unpaired) electrons. The molecule has 4 N–H and O–H groups in total. The number of carbonyl (C=O) groups excluding carboxylic acids is 3. The molecule has 0 fully saturated rings. The van der Waals surface area contributed by atoms with E-state index in [9.17, 15) is 22.8 Å². The van der Waals surface area contributed by atoms with Crippen LogP contribution in [-0.2, 0) is 27.7 Å². The Hall–Kier alpha value is -3.46. The second-order valence-corrected chi connectivity index (χ2v) is 11.4. The molecule has 3 amide bonds. The summed E-state index contributed by atoms with van der Waals surface area (Å²) in [4.78, 5) is 40.8. The van der Waals surface area contributed by atoms with E-state index in [1.165, 1.54) is 35.6 Å². The maximum Gasteiger partial charge on any atom is 0.413 e. The van der Waals surface area contributed by atoms with E-state index >= 15 is 0 Å². The largest absolute Gasteiger partial charge is 0.453 e. The fourth-order valence-electron chi connectivity index (χ4n) is 4.08. The highest BCUT2D eigenvalue weighted by molar-refractivity contribution is 7.89. The summed E-state index contributed by atoms with van der Waals surface area (Å²) in [5, 5.41) is 19.6. The molecule has 204 valence electrons. The molecule has 2 heterocycles. The molecular formula is C24H30N6O6S2. The molecule has 1 aliphatic heterocycles. The zero-order chi connectivity index (χ0) is 27.9. The summed E-state index contributed by atoms with van der Waals surface area (Å²) in [6.07, 6.45) is 2.51. The standard InChI is InChI=1S/C24H30N6O6S2/c1-3-11-29-12-8-18-19(15-29)37-23(20(18)22(32)28-24(33)36-2)27-21(31)16-4-6-17(7-5-16)38(34,35)30(13-9-25)14-10-26/h4-7,9-10,25-26H,3,8,11-15H2,1-2H3,(H,27,31)(H,28,32,33). The maximum atomic E-state index is 13.1. The van der Waals surface area contributed by atoms with Gasteiger partial charge in [-0.1, -0.05) is 6.92 Å². The van der Waals surface area contributed by atoms with Crippen molar-refractivity contribution in [2.45, 2.75) is 31.2 Å². The van der Waals surface area contributed by atoms with E-state index < -0.39 is 27.9 Å². The highest BCUT2D eigenvalue weighted by atomic mass is 32.2. The highest BCUT2D eigenvalue weighted by Crippen LogP contribution is 2.37. The molecule has 0 bridgehead atoms. The lowest BCUT2D eigenvalue weighted by Crippen LogP contribution is -2.34. The molecule has 0 spiro atoms. The topological polar surface area (TPSA) is 173 Å². The molecule has 2 aromatic rings. The van der Waals surface area contributed by atoms with Gasteiger partial charge in [-0.15, -0.1) is 11.3 Å². The number of ether oxygens (including phenoxy) is 1. The minimum absolute atomic E-state index is 0.0847. The number of carbonyl (C=O) groups is 3. The van der Waals surface area contributed by atoms with Gasteiger partial charge in [0.25, 0.3) is 11.8 Å². The molecule has 1 aromatic carbocycles. The second-order valence-electron chi connectivity index (χ2n) is 8.39. The van der Waals surface area contributed by atoms with Crippen molar-refractivity contribution in [3.8, 4) is 0 Å². The van der Waals surface area contributed by atoms with Crippen molar-refractivity contribution in [1.82, 2.24) is 14.5 Å². The molecule has 0 saturated carbocycles. The number of fused-ring (bicyclic) bond motifs is 1. The average molecular weight is 563 g/mol. The van der Waals surface area contributed by atoms with E-state index in [0.717, 1.165) is 53.8 Å². The van der Waals surface area contributed by atoms with Crippen LogP contribution in [0.25, 0.3) is 0 Å². The number of alkyl carbamates (subject to hydrolysis) is 1. The number of hydrogen-bond acceptors (Lipinski definition) is 10. The fraction of sp³-hybridized carbons (Fsp3) is 0.375. The number of thiophene rings is 1. The van der Waals surface area contributed by atoms with Crippen LogP contribution in [0.2, 0.25) is 0 Å². The molecule has 14 heteroatoms. The number of rotatable bonds is 11. The summed E-state index contributed by atoms with van der Waals surface area (Å²) in [6.45, 7) is 3.98. The van der Waals surface area contributed by atoms with Crippen LogP contribution in [0.3, 0.4) is 0 Å². The van der Waals surface area contributed by atoms with Crippen LogP contribution >= 0.6 is 11.3 Å². The van der Waals surface area contributed by atoms with Gasteiger partial charge in [-0.3, -0.25) is 19.8 Å². The Bertz CT molecular complexity index is 1310. The van der Waals surface area contributed by atoms with E-state index in [-0.39, 0.29) is 29.1 Å². The first kappa shape index (κ1) is 29.1. The molecule has 3 rings (SSSR count). The lowest BCUT2D eigenvalue weighted by molar-refractivity contribution is 0.0936. The van der Waals surface area contributed by atoms with Crippen molar-refractivity contribution in [2.24, 2.45) is 0 Å². The van der Waals surface area contributed by atoms with Crippen LogP contribution in [0.5, 0.6) is 0 Å².